The summed E-state index contributed by atoms with van der Waals surface area (Å²) in [5.41, 5.74) is 5.37. The van der Waals surface area contributed by atoms with Gasteiger partial charge in [-0.1, -0.05) is 6.42 Å². The van der Waals surface area contributed by atoms with Gasteiger partial charge in [-0.2, -0.15) is 0 Å². The van der Waals surface area contributed by atoms with Gasteiger partial charge >= 0.3 is 0 Å². The summed E-state index contributed by atoms with van der Waals surface area (Å²) in [5.74, 6) is 0. The first-order chi connectivity index (χ1) is 4.81. The number of carbonyl (C=O) groups is 1. The Morgan fingerprint density at radius 2 is 2.30 bits per heavy atom. The average Bonchev–Trinajstić information content (AvgIpc) is 1.98. The van der Waals surface area contributed by atoms with Gasteiger partial charge in [-0.15, -0.1) is 0 Å². The van der Waals surface area contributed by atoms with Crippen LogP contribution < -0.4 is 11.1 Å². The third-order valence-corrected chi connectivity index (χ3v) is 1.39. The summed E-state index contributed by atoms with van der Waals surface area (Å²) in [7, 11) is 1.92. The van der Waals surface area contributed by atoms with Crippen molar-refractivity contribution in [2.24, 2.45) is 5.73 Å². The Hall–Kier alpha value is -0.410. The van der Waals surface area contributed by atoms with Gasteiger partial charge in [0.15, 0.2) is 0 Å². The number of hydrogen-bond acceptors (Lipinski definition) is 3. The number of aldehydes is 1. The van der Waals surface area contributed by atoms with E-state index in [9.17, 15) is 4.79 Å². The fraction of sp³-hybridized carbons (Fsp3) is 0.857. The Labute approximate surface area is 62.0 Å². The van der Waals surface area contributed by atoms with Crippen molar-refractivity contribution in [3.63, 3.8) is 0 Å². The molecule has 60 valence electrons. The highest BCUT2D eigenvalue weighted by Crippen LogP contribution is 1.95. The predicted octanol–water partition coefficient (Wildman–Crippen LogP) is -0.0977. The number of nitrogens with one attached hydrogen (secondary N) is 1. The summed E-state index contributed by atoms with van der Waals surface area (Å²) in [4.78, 5) is 10.0. The second-order valence-electron chi connectivity index (χ2n) is 2.40. The minimum atomic E-state index is -0.253. The van der Waals surface area contributed by atoms with Crippen molar-refractivity contribution in [2.75, 3.05) is 13.6 Å². The molecule has 0 radical (unpaired) electrons. The van der Waals surface area contributed by atoms with Crippen LogP contribution in [0.3, 0.4) is 0 Å². The zero-order valence-corrected chi connectivity index (χ0v) is 6.47. The van der Waals surface area contributed by atoms with Gasteiger partial charge in [0.1, 0.15) is 6.29 Å². The molecule has 0 aromatic heterocycles. The molecule has 10 heavy (non-hydrogen) atoms. The van der Waals surface area contributed by atoms with E-state index in [0.29, 0.717) is 0 Å². The second kappa shape index (κ2) is 6.71. The number of carbonyl (C=O) groups excluding carboxylic acids is 1. The molecular formula is C7H16N2O. The minimum absolute atomic E-state index is 0.253. The molecule has 3 nitrogen and oxygen atoms in total. The molecule has 0 aliphatic carbocycles. The van der Waals surface area contributed by atoms with Crippen molar-refractivity contribution in [2.45, 2.75) is 25.3 Å². The van der Waals surface area contributed by atoms with Crippen LogP contribution in [-0.2, 0) is 4.79 Å². The Balaban J connectivity index is 2.95. The maximum Gasteiger partial charge on any atom is 0.136 e. The van der Waals surface area contributed by atoms with Crippen molar-refractivity contribution < 1.29 is 4.79 Å². The van der Waals surface area contributed by atoms with Crippen LogP contribution in [0.25, 0.3) is 0 Å². The van der Waals surface area contributed by atoms with Crippen molar-refractivity contribution in [1.29, 1.82) is 0 Å². The van der Waals surface area contributed by atoms with E-state index < -0.39 is 0 Å². The fourth-order valence-corrected chi connectivity index (χ4v) is 0.750. The summed E-state index contributed by atoms with van der Waals surface area (Å²) in [6.07, 6.45) is 3.74. The van der Waals surface area contributed by atoms with Crippen LogP contribution in [0.1, 0.15) is 19.3 Å². The predicted molar refractivity (Wildman–Crippen MR) is 41.8 cm³/mol. The van der Waals surface area contributed by atoms with Crippen LogP contribution in [0.5, 0.6) is 0 Å². The first-order valence-corrected chi connectivity index (χ1v) is 3.66. The highest BCUT2D eigenvalue weighted by molar-refractivity contribution is 5.56. The van der Waals surface area contributed by atoms with Crippen LogP contribution >= 0.6 is 0 Å². The highest BCUT2D eigenvalue weighted by Gasteiger charge is 1.97. The Morgan fingerprint density at radius 3 is 2.80 bits per heavy atom. The zero-order valence-electron chi connectivity index (χ0n) is 6.47. The first-order valence-electron chi connectivity index (χ1n) is 3.66. The van der Waals surface area contributed by atoms with Crippen molar-refractivity contribution >= 4 is 6.29 Å². The van der Waals surface area contributed by atoms with Crippen LogP contribution in [-0.4, -0.2) is 25.9 Å². The summed E-state index contributed by atoms with van der Waals surface area (Å²) in [6, 6.07) is -0.253. The topological polar surface area (TPSA) is 55.1 Å². The summed E-state index contributed by atoms with van der Waals surface area (Å²) in [5, 5.41) is 3.03. The molecule has 0 aliphatic heterocycles. The largest absolute Gasteiger partial charge is 0.322 e. The number of nitrogens with two attached hydrogens (primary N) is 1. The van der Waals surface area contributed by atoms with Crippen molar-refractivity contribution in [1.82, 2.24) is 5.32 Å². The normalized spacial score (nSPS) is 13.0. The second-order valence-corrected chi connectivity index (χ2v) is 2.40. The van der Waals surface area contributed by atoms with Crippen LogP contribution in [0.15, 0.2) is 0 Å². The highest BCUT2D eigenvalue weighted by atomic mass is 16.1. The van der Waals surface area contributed by atoms with Crippen LogP contribution in [0, 0.1) is 0 Å². The Bertz CT molecular complexity index is 85.7. The Morgan fingerprint density at radius 1 is 1.60 bits per heavy atom. The van der Waals surface area contributed by atoms with Gasteiger partial charge < -0.3 is 15.8 Å². The molecule has 0 bridgehead atoms. The number of rotatable bonds is 6. The fourth-order valence-electron chi connectivity index (χ4n) is 0.750. The first kappa shape index (κ1) is 9.59. The van der Waals surface area contributed by atoms with E-state index in [1.54, 1.807) is 0 Å². The van der Waals surface area contributed by atoms with Gasteiger partial charge in [-0.05, 0) is 26.4 Å². The van der Waals surface area contributed by atoms with Crippen molar-refractivity contribution in [3.8, 4) is 0 Å². The van der Waals surface area contributed by atoms with E-state index in [0.717, 1.165) is 32.1 Å². The SMILES string of the molecule is CNCCCC[C@H](N)C=O. The lowest BCUT2D eigenvalue weighted by Gasteiger charge is -2.01. The average molecular weight is 144 g/mol. The summed E-state index contributed by atoms with van der Waals surface area (Å²) < 4.78 is 0. The quantitative estimate of drug-likeness (QED) is 0.404. The van der Waals surface area contributed by atoms with Crippen molar-refractivity contribution in [3.05, 3.63) is 0 Å². The summed E-state index contributed by atoms with van der Waals surface area (Å²) in [6.45, 7) is 1.01. The standard InChI is InChI=1S/C7H16N2O/c1-9-5-3-2-4-7(8)6-10/h6-7,9H,2-5,8H2,1H3/t7-/m0/s1. The molecule has 0 spiro atoms. The molecule has 0 fully saturated rings. The molecule has 0 aromatic carbocycles. The minimum Gasteiger partial charge on any atom is -0.322 e. The third kappa shape index (κ3) is 5.72. The molecule has 3 heteroatoms. The molecule has 0 aliphatic rings. The van der Waals surface area contributed by atoms with Gasteiger partial charge in [0.25, 0.3) is 0 Å². The zero-order chi connectivity index (χ0) is 7.82. The van der Waals surface area contributed by atoms with Gasteiger partial charge in [0, 0.05) is 0 Å². The lowest BCUT2D eigenvalue weighted by Crippen LogP contribution is -2.21. The molecular weight excluding hydrogens is 128 g/mol. The maximum absolute atomic E-state index is 10.0. The van der Waals surface area contributed by atoms with Gasteiger partial charge in [-0.25, -0.2) is 0 Å². The van der Waals surface area contributed by atoms with Gasteiger partial charge in [-0.3, -0.25) is 0 Å². The molecule has 0 amide bonds. The molecule has 0 saturated carbocycles. The lowest BCUT2D eigenvalue weighted by atomic mass is 10.1. The monoisotopic (exact) mass is 144 g/mol. The van der Waals surface area contributed by atoms with E-state index in [1.165, 1.54) is 0 Å². The third-order valence-electron chi connectivity index (χ3n) is 1.39. The van der Waals surface area contributed by atoms with E-state index >= 15 is 0 Å². The number of unbranched alkanes of at least 4 members (excludes halogenated alkanes) is 1. The number of hydrogen-bond donors (Lipinski definition) is 2. The molecule has 3 N–H and O–H groups in total. The van der Waals surface area contributed by atoms with E-state index in [-0.39, 0.29) is 6.04 Å². The molecule has 1 atom stereocenters. The molecule has 0 rings (SSSR count). The van der Waals surface area contributed by atoms with E-state index in [4.69, 9.17) is 5.73 Å². The van der Waals surface area contributed by atoms with E-state index in [1.807, 2.05) is 7.05 Å². The van der Waals surface area contributed by atoms with Gasteiger partial charge in [0.2, 0.25) is 0 Å². The summed E-state index contributed by atoms with van der Waals surface area (Å²) >= 11 is 0. The Kier molecular flexibility index (Phi) is 6.43. The maximum atomic E-state index is 10.0. The molecule has 0 unspecified atom stereocenters. The van der Waals surface area contributed by atoms with Gasteiger partial charge in [0.05, 0.1) is 6.04 Å². The lowest BCUT2D eigenvalue weighted by molar-refractivity contribution is -0.109. The molecule has 0 aromatic rings. The smallest absolute Gasteiger partial charge is 0.136 e. The molecule has 0 saturated heterocycles. The van der Waals surface area contributed by atoms with Crippen LogP contribution in [0.4, 0.5) is 0 Å². The molecule has 0 heterocycles. The van der Waals surface area contributed by atoms with Crippen LogP contribution in [0.2, 0.25) is 0 Å². The van der Waals surface area contributed by atoms with E-state index in [2.05, 4.69) is 5.32 Å².